The van der Waals surface area contributed by atoms with E-state index in [1.807, 2.05) is 6.07 Å². The van der Waals surface area contributed by atoms with E-state index in [1.54, 1.807) is 0 Å². The molecule has 0 aliphatic rings. The molecule has 0 atom stereocenters. The zero-order valence-corrected chi connectivity index (χ0v) is 15.6. The molecule has 4 aromatic rings. The molecule has 0 spiro atoms. The van der Waals surface area contributed by atoms with Crippen LogP contribution in [0.25, 0.3) is 27.7 Å². The van der Waals surface area contributed by atoms with Crippen molar-refractivity contribution in [3.63, 3.8) is 0 Å². The second kappa shape index (κ2) is 7.55. The molecule has 0 saturated heterocycles. The lowest BCUT2D eigenvalue weighted by Crippen LogP contribution is -2.14. The van der Waals surface area contributed by atoms with Crippen LogP contribution in [0.2, 0.25) is 0 Å². The number of rotatable bonds is 6. The first-order valence-electron chi connectivity index (χ1n) is 9.36. The van der Waals surface area contributed by atoms with Gasteiger partial charge >= 0.3 is 0 Å². The van der Waals surface area contributed by atoms with Crippen LogP contribution in [0, 0.1) is 6.92 Å². The topological polar surface area (TPSA) is 27.8 Å². The Morgan fingerprint density at radius 2 is 1.67 bits per heavy atom. The van der Waals surface area contributed by atoms with E-state index in [-0.39, 0.29) is 0 Å². The Bertz CT molecular complexity index is 1060. The standard InChI is InChI=1S/C25H24N2/c1-18-8-13-25-24(16-18)23(17-27-25)14-15-26-19(2)20-9-11-22(12-10-20)21-6-4-3-5-7-21/h3-13,16-17,26-27H,2,14-15H2,1H3. The predicted molar refractivity (Wildman–Crippen MR) is 116 cm³/mol. The lowest BCUT2D eigenvalue weighted by Gasteiger charge is -2.11. The molecule has 2 heteroatoms. The van der Waals surface area contributed by atoms with Gasteiger partial charge in [-0.2, -0.15) is 0 Å². The van der Waals surface area contributed by atoms with Crippen LogP contribution in [0.1, 0.15) is 16.7 Å². The van der Waals surface area contributed by atoms with Gasteiger partial charge in [-0.1, -0.05) is 72.8 Å². The minimum Gasteiger partial charge on any atom is -0.385 e. The van der Waals surface area contributed by atoms with Crippen molar-refractivity contribution >= 4 is 16.6 Å². The predicted octanol–water partition coefficient (Wildman–Crippen LogP) is 5.95. The molecule has 0 radical (unpaired) electrons. The summed E-state index contributed by atoms with van der Waals surface area (Å²) in [6.07, 6.45) is 3.08. The largest absolute Gasteiger partial charge is 0.385 e. The van der Waals surface area contributed by atoms with Gasteiger partial charge in [0, 0.05) is 29.3 Å². The summed E-state index contributed by atoms with van der Waals surface area (Å²) in [4.78, 5) is 3.36. The molecule has 4 rings (SSSR count). The molecule has 0 unspecified atom stereocenters. The van der Waals surface area contributed by atoms with E-state index >= 15 is 0 Å². The quantitative estimate of drug-likeness (QED) is 0.441. The summed E-state index contributed by atoms with van der Waals surface area (Å²) in [7, 11) is 0. The summed E-state index contributed by atoms with van der Waals surface area (Å²) in [5, 5.41) is 4.78. The lowest BCUT2D eigenvalue weighted by atomic mass is 10.0. The van der Waals surface area contributed by atoms with Crippen molar-refractivity contribution in [2.24, 2.45) is 0 Å². The zero-order chi connectivity index (χ0) is 18.6. The van der Waals surface area contributed by atoms with Gasteiger partial charge in [0.2, 0.25) is 0 Å². The number of hydrogen-bond acceptors (Lipinski definition) is 1. The monoisotopic (exact) mass is 352 g/mol. The molecule has 3 aromatic carbocycles. The van der Waals surface area contributed by atoms with Crippen molar-refractivity contribution < 1.29 is 0 Å². The number of benzene rings is 3. The summed E-state index contributed by atoms with van der Waals surface area (Å²) < 4.78 is 0. The van der Waals surface area contributed by atoms with Crippen molar-refractivity contribution in [2.45, 2.75) is 13.3 Å². The maximum Gasteiger partial charge on any atom is 0.0456 e. The van der Waals surface area contributed by atoms with Crippen LogP contribution in [0.3, 0.4) is 0 Å². The van der Waals surface area contributed by atoms with E-state index < -0.39 is 0 Å². The van der Waals surface area contributed by atoms with Crippen LogP contribution in [0.15, 0.2) is 85.6 Å². The Morgan fingerprint density at radius 1 is 0.926 bits per heavy atom. The molecular formula is C25H24N2. The highest BCUT2D eigenvalue weighted by Gasteiger charge is 2.05. The minimum atomic E-state index is 0.861. The van der Waals surface area contributed by atoms with E-state index in [9.17, 15) is 0 Å². The van der Waals surface area contributed by atoms with Gasteiger partial charge in [0.1, 0.15) is 0 Å². The molecule has 0 amide bonds. The minimum absolute atomic E-state index is 0.861. The van der Waals surface area contributed by atoms with Gasteiger partial charge in [-0.05, 0) is 47.7 Å². The molecule has 2 N–H and O–H groups in total. The average Bonchev–Trinajstić information content (AvgIpc) is 3.11. The maximum absolute atomic E-state index is 4.20. The highest BCUT2D eigenvalue weighted by atomic mass is 14.9. The van der Waals surface area contributed by atoms with Gasteiger partial charge in [-0.15, -0.1) is 0 Å². The van der Waals surface area contributed by atoms with E-state index in [1.165, 1.54) is 33.2 Å². The Kier molecular flexibility index (Phi) is 4.80. The summed E-state index contributed by atoms with van der Waals surface area (Å²) in [6.45, 7) is 7.20. The summed E-state index contributed by atoms with van der Waals surface area (Å²) >= 11 is 0. The van der Waals surface area contributed by atoms with Crippen LogP contribution in [0.4, 0.5) is 0 Å². The van der Waals surface area contributed by atoms with Crippen LogP contribution in [0.5, 0.6) is 0 Å². The molecular weight excluding hydrogens is 328 g/mol. The third-order valence-electron chi connectivity index (χ3n) is 5.00. The van der Waals surface area contributed by atoms with E-state index in [0.717, 1.165) is 24.2 Å². The van der Waals surface area contributed by atoms with Crippen LogP contribution in [-0.2, 0) is 6.42 Å². The van der Waals surface area contributed by atoms with Crippen LogP contribution >= 0.6 is 0 Å². The fourth-order valence-electron chi connectivity index (χ4n) is 3.44. The molecule has 1 aromatic heterocycles. The van der Waals surface area contributed by atoms with Crippen molar-refractivity contribution in [3.8, 4) is 11.1 Å². The van der Waals surface area contributed by atoms with Gasteiger partial charge in [0.25, 0.3) is 0 Å². The third kappa shape index (κ3) is 3.80. The Balaban J connectivity index is 1.38. The van der Waals surface area contributed by atoms with E-state index in [4.69, 9.17) is 0 Å². The van der Waals surface area contributed by atoms with Gasteiger partial charge in [0.15, 0.2) is 0 Å². The number of aromatic amines is 1. The van der Waals surface area contributed by atoms with Gasteiger partial charge in [-0.3, -0.25) is 0 Å². The first kappa shape index (κ1) is 17.2. The molecule has 0 bridgehead atoms. The smallest absolute Gasteiger partial charge is 0.0456 e. The number of aromatic nitrogens is 1. The molecule has 27 heavy (non-hydrogen) atoms. The van der Waals surface area contributed by atoms with Gasteiger partial charge in [0.05, 0.1) is 0 Å². The number of nitrogens with one attached hydrogen (secondary N) is 2. The molecule has 0 saturated carbocycles. The SMILES string of the molecule is C=C(NCCc1c[nH]c2ccc(C)cc12)c1ccc(-c2ccccc2)cc1. The van der Waals surface area contributed by atoms with Gasteiger partial charge in [-0.25, -0.2) is 0 Å². The Labute approximate surface area is 160 Å². The van der Waals surface area contributed by atoms with Gasteiger partial charge < -0.3 is 10.3 Å². The number of aryl methyl sites for hydroxylation is 1. The third-order valence-corrected chi connectivity index (χ3v) is 5.00. The van der Waals surface area contributed by atoms with E-state index in [0.29, 0.717) is 0 Å². The normalized spacial score (nSPS) is 10.9. The first-order chi connectivity index (χ1) is 13.2. The number of H-pyrrole nitrogens is 1. The second-order valence-electron chi connectivity index (χ2n) is 6.96. The molecule has 134 valence electrons. The van der Waals surface area contributed by atoms with E-state index in [2.05, 4.69) is 96.7 Å². The molecule has 0 aliphatic carbocycles. The Morgan fingerprint density at radius 3 is 2.44 bits per heavy atom. The molecule has 2 nitrogen and oxygen atoms in total. The second-order valence-corrected chi connectivity index (χ2v) is 6.96. The zero-order valence-electron chi connectivity index (χ0n) is 15.6. The van der Waals surface area contributed by atoms with Crippen molar-refractivity contribution in [3.05, 3.63) is 102 Å². The van der Waals surface area contributed by atoms with Crippen LogP contribution in [-0.4, -0.2) is 11.5 Å². The fraction of sp³-hybridized carbons (Fsp3) is 0.120. The van der Waals surface area contributed by atoms with Crippen molar-refractivity contribution in [1.29, 1.82) is 0 Å². The average molecular weight is 352 g/mol. The van der Waals surface area contributed by atoms with Crippen molar-refractivity contribution in [1.82, 2.24) is 10.3 Å². The molecule has 1 heterocycles. The van der Waals surface area contributed by atoms with Crippen LogP contribution < -0.4 is 5.32 Å². The summed E-state index contributed by atoms with van der Waals surface area (Å²) in [5.41, 5.74) is 8.38. The number of hydrogen-bond donors (Lipinski definition) is 2. The van der Waals surface area contributed by atoms with Crippen molar-refractivity contribution in [2.75, 3.05) is 6.54 Å². The highest BCUT2D eigenvalue weighted by Crippen LogP contribution is 2.22. The maximum atomic E-state index is 4.20. The molecule has 0 aliphatic heterocycles. The number of fused-ring (bicyclic) bond motifs is 1. The summed E-state index contributed by atoms with van der Waals surface area (Å²) in [5.74, 6) is 0. The Hall–Kier alpha value is -3.26. The highest BCUT2D eigenvalue weighted by molar-refractivity contribution is 5.83. The fourth-order valence-corrected chi connectivity index (χ4v) is 3.44. The first-order valence-corrected chi connectivity index (χ1v) is 9.36. The summed E-state index contributed by atoms with van der Waals surface area (Å²) in [6, 6.07) is 25.5. The lowest BCUT2D eigenvalue weighted by molar-refractivity contribution is 0.853. The molecule has 0 fully saturated rings.